The zero-order valence-electron chi connectivity index (χ0n) is 11.3. The monoisotopic (exact) mass is 421 g/mol. The molecule has 1 fully saturated rings. The Hall–Kier alpha value is -0.950. The third kappa shape index (κ3) is 3.29. The van der Waals surface area contributed by atoms with E-state index in [9.17, 15) is 9.59 Å². The fourth-order valence-electron chi connectivity index (χ4n) is 2.15. The van der Waals surface area contributed by atoms with E-state index in [1.54, 1.807) is 12.1 Å². The van der Waals surface area contributed by atoms with Crippen LogP contribution in [0.5, 0.6) is 0 Å². The van der Waals surface area contributed by atoms with Gasteiger partial charge in [0.15, 0.2) is 0 Å². The highest BCUT2D eigenvalue weighted by atomic mass is 79.9. The summed E-state index contributed by atoms with van der Waals surface area (Å²) in [6, 6.07) is 6.01. The van der Waals surface area contributed by atoms with Crippen molar-refractivity contribution in [3.05, 3.63) is 35.4 Å². The lowest BCUT2D eigenvalue weighted by Crippen LogP contribution is -2.45. The van der Waals surface area contributed by atoms with E-state index >= 15 is 4.39 Å². The van der Waals surface area contributed by atoms with E-state index in [4.69, 9.17) is 0 Å². The van der Waals surface area contributed by atoms with E-state index in [2.05, 4.69) is 36.6 Å². The van der Waals surface area contributed by atoms with Gasteiger partial charge in [0.2, 0.25) is 5.91 Å². The summed E-state index contributed by atoms with van der Waals surface area (Å²) >= 11 is 6.06. The highest BCUT2D eigenvalue weighted by Crippen LogP contribution is 2.45. The van der Waals surface area contributed by atoms with Gasteiger partial charge in [-0.2, -0.15) is 0 Å². The van der Waals surface area contributed by atoms with Crippen LogP contribution < -0.4 is 0 Å². The Balaban J connectivity index is 2.47. The molecule has 1 unspecified atom stereocenters. The van der Waals surface area contributed by atoms with Gasteiger partial charge in [0.25, 0.3) is 4.70 Å². The number of rotatable bonds is 5. The largest absolute Gasteiger partial charge is 0.465 e. The molecule has 1 saturated carbocycles. The third-order valence-electron chi connectivity index (χ3n) is 3.25. The van der Waals surface area contributed by atoms with Crippen LogP contribution in [0.25, 0.3) is 0 Å². The lowest BCUT2D eigenvalue weighted by molar-refractivity contribution is -0.137. The number of ether oxygens (including phenoxy) is 1. The van der Waals surface area contributed by atoms with Gasteiger partial charge in [-0.15, -0.1) is 0 Å². The number of carbonyl (C=O) groups is 2. The predicted molar refractivity (Wildman–Crippen MR) is 83.2 cm³/mol. The first-order chi connectivity index (χ1) is 9.93. The van der Waals surface area contributed by atoms with Crippen LogP contribution in [0, 0.1) is 0 Å². The van der Waals surface area contributed by atoms with Gasteiger partial charge >= 0.3 is 5.97 Å². The zero-order valence-corrected chi connectivity index (χ0v) is 14.5. The number of nitrogens with zero attached hydrogens (tertiary/aromatic N) is 1. The first-order valence-corrected chi connectivity index (χ1v) is 8.28. The smallest absolute Gasteiger partial charge is 0.338 e. The molecule has 1 aliphatic carbocycles. The summed E-state index contributed by atoms with van der Waals surface area (Å²) in [7, 11) is 1.23. The van der Waals surface area contributed by atoms with Gasteiger partial charge in [-0.1, -0.05) is 34.1 Å². The molecule has 0 spiro atoms. The first kappa shape index (κ1) is 16.4. The van der Waals surface area contributed by atoms with Gasteiger partial charge in [-0.3, -0.25) is 9.69 Å². The van der Waals surface area contributed by atoms with Gasteiger partial charge in [-0.25, -0.2) is 9.18 Å². The van der Waals surface area contributed by atoms with E-state index in [0.717, 1.165) is 17.7 Å². The zero-order chi connectivity index (χ0) is 15.6. The van der Waals surface area contributed by atoms with Gasteiger partial charge in [0.05, 0.1) is 18.0 Å². The number of methoxy groups -OCH3 is 1. The standard InChI is InChI=1S/C14H14Br2FNO3/c1-21-13(20)10-4-2-3-5-11(10)14(16,17)18(9-6-7-9)12(19)8-15/h2-5,9H,6-8H2,1H3. The van der Waals surface area contributed by atoms with E-state index in [1.807, 2.05) is 0 Å². The Morgan fingerprint density at radius 3 is 2.57 bits per heavy atom. The van der Waals surface area contributed by atoms with Crippen LogP contribution in [0.1, 0.15) is 28.8 Å². The Kier molecular flexibility index (Phi) is 5.03. The maximum Gasteiger partial charge on any atom is 0.338 e. The van der Waals surface area contributed by atoms with Crippen LogP contribution in [0.4, 0.5) is 4.39 Å². The van der Waals surface area contributed by atoms with E-state index in [1.165, 1.54) is 19.2 Å². The number of alkyl halides is 3. The summed E-state index contributed by atoms with van der Waals surface area (Å²) in [4.78, 5) is 25.0. The molecule has 4 nitrogen and oxygen atoms in total. The van der Waals surface area contributed by atoms with Crippen molar-refractivity contribution in [2.75, 3.05) is 12.4 Å². The molecule has 7 heteroatoms. The first-order valence-electron chi connectivity index (χ1n) is 6.37. The Morgan fingerprint density at radius 2 is 2.05 bits per heavy atom. The summed E-state index contributed by atoms with van der Waals surface area (Å²) in [5.41, 5.74) is 0.158. The van der Waals surface area contributed by atoms with Crippen molar-refractivity contribution in [3.8, 4) is 0 Å². The minimum atomic E-state index is -2.25. The van der Waals surface area contributed by atoms with Crippen molar-refractivity contribution in [1.29, 1.82) is 0 Å². The summed E-state index contributed by atoms with van der Waals surface area (Å²) in [5, 5.41) is 0.0150. The predicted octanol–water partition coefficient (Wildman–Crippen LogP) is 3.33. The topological polar surface area (TPSA) is 46.6 Å². The molecule has 1 amide bonds. The molecular formula is C14H14Br2FNO3. The molecule has 1 aromatic rings. The molecule has 1 atom stereocenters. The van der Waals surface area contributed by atoms with Crippen molar-refractivity contribution in [2.45, 2.75) is 23.6 Å². The number of halogens is 3. The molecule has 2 rings (SSSR count). The SMILES string of the molecule is COC(=O)c1ccccc1C(F)(Br)N(C(=O)CBr)C1CC1. The fraction of sp³-hybridized carbons (Fsp3) is 0.429. The Labute approximate surface area is 138 Å². The Morgan fingerprint density at radius 1 is 1.43 bits per heavy atom. The van der Waals surface area contributed by atoms with Crippen LogP contribution in [0.15, 0.2) is 24.3 Å². The van der Waals surface area contributed by atoms with Gasteiger partial charge in [0, 0.05) is 11.6 Å². The summed E-state index contributed by atoms with van der Waals surface area (Å²) in [5.74, 6) is -1.02. The minimum Gasteiger partial charge on any atom is -0.465 e. The minimum absolute atomic E-state index is 0.0150. The number of hydrogen-bond donors (Lipinski definition) is 0. The van der Waals surface area contributed by atoms with Crippen molar-refractivity contribution in [2.24, 2.45) is 0 Å². The molecule has 114 valence electrons. The summed E-state index contributed by atoms with van der Waals surface area (Å²) < 4.78 is 17.8. The molecule has 21 heavy (non-hydrogen) atoms. The molecule has 0 N–H and O–H groups in total. The average Bonchev–Trinajstić information content (AvgIpc) is 3.30. The molecule has 0 heterocycles. The molecule has 0 aliphatic heterocycles. The lowest BCUT2D eigenvalue weighted by atomic mass is 10.1. The summed E-state index contributed by atoms with van der Waals surface area (Å²) in [6.45, 7) is 0. The van der Waals surface area contributed by atoms with E-state index in [0.29, 0.717) is 0 Å². The van der Waals surface area contributed by atoms with Gasteiger partial charge < -0.3 is 4.74 Å². The van der Waals surface area contributed by atoms with Crippen LogP contribution in [0.3, 0.4) is 0 Å². The highest BCUT2D eigenvalue weighted by molar-refractivity contribution is 9.09. The second-order valence-electron chi connectivity index (χ2n) is 4.71. The molecule has 0 bridgehead atoms. The maximum atomic E-state index is 15.4. The number of amides is 1. The number of hydrogen-bond acceptors (Lipinski definition) is 3. The van der Waals surface area contributed by atoms with E-state index in [-0.39, 0.29) is 28.4 Å². The number of esters is 1. The maximum absolute atomic E-state index is 15.4. The second-order valence-corrected chi connectivity index (χ2v) is 6.32. The van der Waals surface area contributed by atoms with Gasteiger partial charge in [0.1, 0.15) is 0 Å². The molecule has 1 aromatic carbocycles. The average molecular weight is 423 g/mol. The molecule has 1 aliphatic rings. The number of carbonyl (C=O) groups excluding carboxylic acids is 2. The van der Waals surface area contributed by atoms with Crippen LogP contribution in [0.2, 0.25) is 0 Å². The normalized spacial score (nSPS) is 17.0. The molecule has 0 saturated heterocycles. The van der Waals surface area contributed by atoms with Crippen LogP contribution in [-0.2, 0) is 14.2 Å². The molecule has 0 aromatic heterocycles. The second kappa shape index (κ2) is 6.44. The quantitative estimate of drug-likeness (QED) is 0.415. The van der Waals surface area contributed by atoms with Crippen molar-refractivity contribution >= 4 is 43.7 Å². The molecule has 0 radical (unpaired) electrons. The highest BCUT2D eigenvalue weighted by Gasteiger charge is 2.48. The summed E-state index contributed by atoms with van der Waals surface area (Å²) in [6.07, 6.45) is 1.49. The Bertz CT molecular complexity index is 561. The number of benzene rings is 1. The lowest BCUT2D eigenvalue weighted by Gasteiger charge is -2.34. The van der Waals surface area contributed by atoms with Crippen LogP contribution in [-0.4, -0.2) is 35.3 Å². The van der Waals surface area contributed by atoms with Crippen molar-refractivity contribution in [1.82, 2.24) is 4.90 Å². The van der Waals surface area contributed by atoms with E-state index < -0.39 is 10.7 Å². The third-order valence-corrected chi connectivity index (χ3v) is 4.54. The fourth-order valence-corrected chi connectivity index (χ4v) is 3.25. The van der Waals surface area contributed by atoms with Crippen molar-refractivity contribution < 1.29 is 18.7 Å². The van der Waals surface area contributed by atoms with Gasteiger partial charge in [-0.05, 0) is 34.8 Å². The molecular weight excluding hydrogens is 409 g/mol. The van der Waals surface area contributed by atoms with Crippen molar-refractivity contribution in [3.63, 3.8) is 0 Å². The van der Waals surface area contributed by atoms with Crippen LogP contribution >= 0.6 is 31.9 Å².